The standard InChI is InChI=1S/C47H31N3O/c1-3-11-30(12-4-1)31-21-23-33(24-22-31)45-48-46(36-25-26-38-34(27-36)15-9-18-37(38)32-13-5-2-6-14-32)50-47(49-45)40-19-10-16-35-28-42-39-17-7-8-20-43(39)51-44(42)29-41(35)40/h1,3-5,7-29H,2,6H2. The van der Waals surface area contributed by atoms with Gasteiger partial charge in [-0.1, -0.05) is 140 Å². The van der Waals surface area contributed by atoms with Gasteiger partial charge in [-0.3, -0.25) is 0 Å². The second-order valence-corrected chi connectivity index (χ2v) is 13.1. The highest BCUT2D eigenvalue weighted by Crippen LogP contribution is 2.37. The van der Waals surface area contributed by atoms with E-state index in [0.29, 0.717) is 17.5 Å². The summed E-state index contributed by atoms with van der Waals surface area (Å²) in [5.74, 6) is 1.88. The van der Waals surface area contributed by atoms with Gasteiger partial charge in [0.25, 0.3) is 0 Å². The highest BCUT2D eigenvalue weighted by molar-refractivity contribution is 6.12. The SMILES string of the molecule is C1=CC(c2cccc3cc(-c4nc(-c5ccc(-c6ccccc6)cc5)nc(-c5cccc6cc7c(cc56)oc5ccccc57)n4)ccc23)=CCC1. The van der Waals surface area contributed by atoms with Gasteiger partial charge in [-0.15, -0.1) is 0 Å². The fraction of sp³-hybridized carbons (Fsp3) is 0.0426. The molecular weight excluding hydrogens is 623 g/mol. The van der Waals surface area contributed by atoms with E-state index in [1.165, 1.54) is 22.1 Å². The maximum absolute atomic E-state index is 6.32. The zero-order chi connectivity index (χ0) is 33.7. The molecule has 0 atom stereocenters. The van der Waals surface area contributed by atoms with Gasteiger partial charge in [-0.25, -0.2) is 15.0 Å². The van der Waals surface area contributed by atoms with Gasteiger partial charge in [0.15, 0.2) is 17.5 Å². The minimum absolute atomic E-state index is 0.620. The molecule has 1 aliphatic carbocycles. The number of para-hydroxylation sites is 1. The molecule has 0 bridgehead atoms. The Morgan fingerprint density at radius 2 is 1.10 bits per heavy atom. The summed E-state index contributed by atoms with van der Waals surface area (Å²) in [6.07, 6.45) is 8.99. The van der Waals surface area contributed by atoms with Gasteiger partial charge < -0.3 is 4.42 Å². The van der Waals surface area contributed by atoms with Crippen LogP contribution in [-0.4, -0.2) is 15.0 Å². The molecule has 2 aromatic heterocycles. The van der Waals surface area contributed by atoms with Crippen molar-refractivity contribution in [2.45, 2.75) is 12.8 Å². The number of fused-ring (bicyclic) bond motifs is 5. The van der Waals surface area contributed by atoms with E-state index < -0.39 is 0 Å². The second-order valence-electron chi connectivity index (χ2n) is 13.1. The van der Waals surface area contributed by atoms with Gasteiger partial charge in [0.2, 0.25) is 0 Å². The number of rotatable bonds is 5. The van der Waals surface area contributed by atoms with Crippen LogP contribution in [-0.2, 0) is 0 Å². The number of furan rings is 1. The molecule has 0 aliphatic heterocycles. The maximum atomic E-state index is 6.32. The molecule has 1 aliphatic rings. The molecule has 0 fully saturated rings. The summed E-state index contributed by atoms with van der Waals surface area (Å²) in [5.41, 5.74) is 9.36. The fourth-order valence-corrected chi connectivity index (χ4v) is 7.38. The minimum atomic E-state index is 0.620. The Morgan fingerprint density at radius 3 is 1.92 bits per heavy atom. The molecule has 51 heavy (non-hydrogen) atoms. The number of allylic oxidation sites excluding steroid dienone is 4. The van der Waals surface area contributed by atoms with Crippen molar-refractivity contribution >= 4 is 49.1 Å². The summed E-state index contributed by atoms with van der Waals surface area (Å²) in [6.45, 7) is 0. The summed E-state index contributed by atoms with van der Waals surface area (Å²) >= 11 is 0. The van der Waals surface area contributed by atoms with Crippen molar-refractivity contribution in [2.75, 3.05) is 0 Å². The number of aromatic nitrogens is 3. The summed E-state index contributed by atoms with van der Waals surface area (Å²) in [6, 6.07) is 50.8. The summed E-state index contributed by atoms with van der Waals surface area (Å²) < 4.78 is 6.32. The van der Waals surface area contributed by atoms with E-state index in [0.717, 1.165) is 73.2 Å². The molecular formula is C47H31N3O. The quantitative estimate of drug-likeness (QED) is 0.185. The number of nitrogens with zero attached hydrogens (tertiary/aromatic N) is 3. The first kappa shape index (κ1) is 29.3. The van der Waals surface area contributed by atoms with Crippen LogP contribution < -0.4 is 0 Å². The molecule has 0 saturated carbocycles. The van der Waals surface area contributed by atoms with Gasteiger partial charge in [0.1, 0.15) is 11.2 Å². The van der Waals surface area contributed by atoms with E-state index >= 15 is 0 Å². The molecule has 9 aromatic rings. The largest absolute Gasteiger partial charge is 0.456 e. The van der Waals surface area contributed by atoms with E-state index in [1.807, 2.05) is 18.2 Å². The zero-order valence-electron chi connectivity index (χ0n) is 27.8. The van der Waals surface area contributed by atoms with Crippen LogP contribution in [0.5, 0.6) is 0 Å². The molecule has 4 heteroatoms. The molecule has 2 heterocycles. The molecule has 0 spiro atoms. The Kier molecular flexibility index (Phi) is 6.91. The maximum Gasteiger partial charge on any atom is 0.164 e. The molecule has 7 aromatic carbocycles. The zero-order valence-corrected chi connectivity index (χ0v) is 27.8. The summed E-state index contributed by atoms with van der Waals surface area (Å²) in [7, 11) is 0. The monoisotopic (exact) mass is 653 g/mol. The molecule has 0 unspecified atom stereocenters. The normalized spacial score (nSPS) is 13.0. The first-order valence-electron chi connectivity index (χ1n) is 17.4. The number of benzene rings is 7. The summed E-state index contributed by atoms with van der Waals surface area (Å²) in [5, 5.41) is 6.71. The van der Waals surface area contributed by atoms with Crippen LogP contribution in [0.3, 0.4) is 0 Å². The smallest absolute Gasteiger partial charge is 0.164 e. The van der Waals surface area contributed by atoms with Crippen LogP contribution in [0, 0.1) is 0 Å². The third kappa shape index (κ3) is 5.20. The van der Waals surface area contributed by atoms with Crippen molar-refractivity contribution in [3.05, 3.63) is 169 Å². The van der Waals surface area contributed by atoms with E-state index in [4.69, 9.17) is 19.4 Å². The lowest BCUT2D eigenvalue weighted by Crippen LogP contribution is -2.01. The number of hydrogen-bond acceptors (Lipinski definition) is 4. The lowest BCUT2D eigenvalue weighted by atomic mass is 9.94. The highest BCUT2D eigenvalue weighted by atomic mass is 16.3. The van der Waals surface area contributed by atoms with Crippen LogP contribution in [0.2, 0.25) is 0 Å². The fourth-order valence-electron chi connectivity index (χ4n) is 7.38. The van der Waals surface area contributed by atoms with E-state index in [1.54, 1.807) is 0 Å². The molecule has 0 N–H and O–H groups in total. The van der Waals surface area contributed by atoms with Crippen LogP contribution >= 0.6 is 0 Å². The van der Waals surface area contributed by atoms with Gasteiger partial charge in [0, 0.05) is 27.5 Å². The molecule has 240 valence electrons. The average Bonchev–Trinajstić information content (AvgIpc) is 3.57. The summed E-state index contributed by atoms with van der Waals surface area (Å²) in [4.78, 5) is 15.4. The highest BCUT2D eigenvalue weighted by Gasteiger charge is 2.17. The van der Waals surface area contributed by atoms with Crippen molar-refractivity contribution in [3.8, 4) is 45.3 Å². The Hall–Kier alpha value is -6.65. The molecule has 0 saturated heterocycles. The van der Waals surface area contributed by atoms with Crippen molar-refractivity contribution in [1.29, 1.82) is 0 Å². The van der Waals surface area contributed by atoms with Gasteiger partial charge in [-0.05, 0) is 80.9 Å². The van der Waals surface area contributed by atoms with Crippen molar-refractivity contribution in [2.24, 2.45) is 0 Å². The predicted octanol–water partition coefficient (Wildman–Crippen LogP) is 12.5. The molecule has 0 radical (unpaired) electrons. The van der Waals surface area contributed by atoms with E-state index in [2.05, 4.69) is 146 Å². The molecule has 0 amide bonds. The lowest BCUT2D eigenvalue weighted by Gasteiger charge is -2.13. The van der Waals surface area contributed by atoms with E-state index in [9.17, 15) is 0 Å². The average molecular weight is 654 g/mol. The topological polar surface area (TPSA) is 51.8 Å². The first-order valence-corrected chi connectivity index (χ1v) is 17.4. The minimum Gasteiger partial charge on any atom is -0.456 e. The van der Waals surface area contributed by atoms with Crippen LogP contribution in [0.1, 0.15) is 18.4 Å². The Morgan fingerprint density at radius 1 is 0.412 bits per heavy atom. The third-order valence-electron chi connectivity index (χ3n) is 9.95. The van der Waals surface area contributed by atoms with Gasteiger partial charge >= 0.3 is 0 Å². The third-order valence-corrected chi connectivity index (χ3v) is 9.95. The first-order chi connectivity index (χ1) is 25.2. The van der Waals surface area contributed by atoms with Crippen molar-refractivity contribution in [3.63, 3.8) is 0 Å². The Bertz CT molecular complexity index is 2850. The van der Waals surface area contributed by atoms with Crippen LogP contribution in [0.15, 0.2) is 168 Å². The Labute approximate surface area is 295 Å². The number of hydrogen-bond donors (Lipinski definition) is 0. The van der Waals surface area contributed by atoms with Gasteiger partial charge in [-0.2, -0.15) is 0 Å². The molecule has 10 rings (SSSR count). The lowest BCUT2D eigenvalue weighted by molar-refractivity contribution is 0.669. The predicted molar refractivity (Wildman–Crippen MR) is 210 cm³/mol. The van der Waals surface area contributed by atoms with Gasteiger partial charge in [0.05, 0.1) is 0 Å². The van der Waals surface area contributed by atoms with Crippen molar-refractivity contribution in [1.82, 2.24) is 15.0 Å². The molecule has 4 nitrogen and oxygen atoms in total. The second kappa shape index (κ2) is 12.0. The van der Waals surface area contributed by atoms with Crippen molar-refractivity contribution < 1.29 is 4.42 Å². The van der Waals surface area contributed by atoms with Crippen LogP contribution in [0.4, 0.5) is 0 Å². The van der Waals surface area contributed by atoms with E-state index in [-0.39, 0.29) is 0 Å². The Balaban J connectivity index is 1.15. The van der Waals surface area contributed by atoms with Crippen LogP contribution in [0.25, 0.3) is 94.3 Å².